The second-order valence-corrected chi connectivity index (χ2v) is 9.34. The van der Waals surface area contributed by atoms with E-state index in [2.05, 4.69) is 5.32 Å². The minimum atomic E-state index is -3.63. The van der Waals surface area contributed by atoms with Gasteiger partial charge in [-0.3, -0.25) is 9.59 Å². The second kappa shape index (κ2) is 10.1. The quantitative estimate of drug-likeness (QED) is 0.657. The number of piperazine rings is 1. The van der Waals surface area contributed by atoms with Crippen LogP contribution in [0.5, 0.6) is 0 Å². The molecule has 2 aromatic carbocycles. The standard InChI is InChI=1S/C21H24ClN3O4S/c22-18-8-4-9-19(16-18)30(28,29)25-14-12-24(13-15-25)20(26)10-5-11-23-21(27)17-6-2-1-3-7-17/h1-4,6-9,16H,5,10-15H2,(H,23,27). The summed E-state index contributed by atoms with van der Waals surface area (Å²) >= 11 is 5.91. The number of carbonyl (C=O) groups is 2. The number of carbonyl (C=O) groups excluding carboxylic acids is 2. The maximum atomic E-state index is 12.7. The topological polar surface area (TPSA) is 86.8 Å². The number of halogens is 1. The Morgan fingerprint density at radius 3 is 2.33 bits per heavy atom. The van der Waals surface area contributed by atoms with Gasteiger partial charge in [0.1, 0.15) is 0 Å². The highest BCUT2D eigenvalue weighted by Crippen LogP contribution is 2.21. The SMILES string of the molecule is O=C(NCCCC(=O)N1CCN(S(=O)(=O)c2cccc(Cl)c2)CC1)c1ccccc1. The van der Waals surface area contributed by atoms with Crippen molar-refractivity contribution in [3.63, 3.8) is 0 Å². The molecule has 2 aromatic rings. The minimum absolute atomic E-state index is 0.0382. The van der Waals surface area contributed by atoms with E-state index in [0.717, 1.165) is 0 Å². The first kappa shape index (κ1) is 22.3. The van der Waals surface area contributed by atoms with Crippen LogP contribution in [0.2, 0.25) is 5.02 Å². The van der Waals surface area contributed by atoms with Gasteiger partial charge < -0.3 is 10.2 Å². The Balaban J connectivity index is 1.42. The molecule has 0 unspecified atom stereocenters. The molecule has 0 spiro atoms. The van der Waals surface area contributed by atoms with E-state index >= 15 is 0 Å². The van der Waals surface area contributed by atoms with Crippen molar-refractivity contribution in [1.82, 2.24) is 14.5 Å². The monoisotopic (exact) mass is 449 g/mol. The molecular formula is C21H24ClN3O4S. The van der Waals surface area contributed by atoms with Gasteiger partial charge in [-0.15, -0.1) is 0 Å². The van der Waals surface area contributed by atoms with Crippen molar-refractivity contribution in [2.24, 2.45) is 0 Å². The van der Waals surface area contributed by atoms with Crippen LogP contribution in [0.25, 0.3) is 0 Å². The molecule has 1 aliphatic rings. The van der Waals surface area contributed by atoms with Crippen molar-refractivity contribution in [3.8, 4) is 0 Å². The zero-order valence-corrected chi connectivity index (χ0v) is 18.0. The van der Waals surface area contributed by atoms with Crippen molar-refractivity contribution in [2.75, 3.05) is 32.7 Å². The van der Waals surface area contributed by atoms with Gasteiger partial charge in [-0.25, -0.2) is 8.42 Å². The van der Waals surface area contributed by atoms with Gasteiger partial charge in [0.05, 0.1) is 4.90 Å². The van der Waals surface area contributed by atoms with E-state index in [1.165, 1.54) is 16.4 Å². The number of hydrogen-bond donors (Lipinski definition) is 1. The van der Waals surface area contributed by atoms with E-state index in [0.29, 0.717) is 43.1 Å². The number of nitrogens with one attached hydrogen (secondary N) is 1. The number of nitrogens with zero attached hydrogens (tertiary/aromatic N) is 2. The smallest absolute Gasteiger partial charge is 0.251 e. The van der Waals surface area contributed by atoms with Gasteiger partial charge >= 0.3 is 0 Å². The van der Waals surface area contributed by atoms with Gasteiger partial charge in [-0.1, -0.05) is 35.9 Å². The maximum Gasteiger partial charge on any atom is 0.251 e. The van der Waals surface area contributed by atoms with E-state index in [9.17, 15) is 18.0 Å². The molecule has 30 heavy (non-hydrogen) atoms. The Labute approximate surface area is 181 Å². The summed E-state index contributed by atoms with van der Waals surface area (Å²) in [4.78, 5) is 26.2. The lowest BCUT2D eigenvalue weighted by Gasteiger charge is -2.34. The number of rotatable bonds is 7. The normalized spacial score (nSPS) is 15.0. The van der Waals surface area contributed by atoms with Gasteiger partial charge in [0.2, 0.25) is 15.9 Å². The van der Waals surface area contributed by atoms with Crippen LogP contribution in [0, 0.1) is 0 Å². The first-order chi connectivity index (χ1) is 14.4. The third kappa shape index (κ3) is 5.59. The Kier molecular flexibility index (Phi) is 7.47. The molecular weight excluding hydrogens is 426 g/mol. The van der Waals surface area contributed by atoms with Crippen molar-refractivity contribution >= 4 is 33.4 Å². The molecule has 3 rings (SSSR count). The fourth-order valence-electron chi connectivity index (χ4n) is 3.25. The van der Waals surface area contributed by atoms with Crippen molar-refractivity contribution < 1.29 is 18.0 Å². The molecule has 1 saturated heterocycles. The van der Waals surface area contributed by atoms with Gasteiger partial charge in [-0.2, -0.15) is 4.31 Å². The highest BCUT2D eigenvalue weighted by atomic mass is 35.5. The molecule has 9 heteroatoms. The molecule has 1 heterocycles. The Morgan fingerprint density at radius 2 is 1.67 bits per heavy atom. The van der Waals surface area contributed by atoms with Crippen LogP contribution in [0.1, 0.15) is 23.2 Å². The number of sulfonamides is 1. The summed E-state index contributed by atoms with van der Waals surface area (Å²) in [6, 6.07) is 15.1. The molecule has 0 atom stereocenters. The molecule has 0 saturated carbocycles. The molecule has 0 radical (unpaired) electrons. The van der Waals surface area contributed by atoms with E-state index in [1.54, 1.807) is 41.3 Å². The van der Waals surface area contributed by atoms with E-state index in [-0.39, 0.29) is 29.8 Å². The number of benzene rings is 2. The predicted molar refractivity (Wildman–Crippen MR) is 115 cm³/mol. The summed E-state index contributed by atoms with van der Waals surface area (Å²) in [5, 5.41) is 3.16. The fourth-order valence-corrected chi connectivity index (χ4v) is 4.97. The molecule has 1 aliphatic heterocycles. The van der Waals surface area contributed by atoms with Crippen LogP contribution in [-0.4, -0.2) is 62.2 Å². The van der Waals surface area contributed by atoms with Gasteiger partial charge in [-0.05, 0) is 36.8 Å². The van der Waals surface area contributed by atoms with Crippen LogP contribution < -0.4 is 5.32 Å². The molecule has 2 amide bonds. The summed E-state index contributed by atoms with van der Waals surface area (Å²) in [6.45, 7) is 1.57. The zero-order valence-electron chi connectivity index (χ0n) is 16.5. The Morgan fingerprint density at radius 1 is 0.967 bits per heavy atom. The maximum absolute atomic E-state index is 12.7. The van der Waals surface area contributed by atoms with Gasteiger partial charge in [0, 0.05) is 49.7 Å². The third-order valence-electron chi connectivity index (χ3n) is 4.91. The first-order valence-corrected chi connectivity index (χ1v) is 11.6. The van der Waals surface area contributed by atoms with Gasteiger partial charge in [0.25, 0.3) is 5.91 Å². The highest BCUT2D eigenvalue weighted by Gasteiger charge is 2.30. The Bertz CT molecular complexity index is 990. The largest absolute Gasteiger partial charge is 0.352 e. The molecule has 0 aromatic heterocycles. The molecule has 160 valence electrons. The number of hydrogen-bond acceptors (Lipinski definition) is 4. The van der Waals surface area contributed by atoms with Gasteiger partial charge in [0.15, 0.2) is 0 Å². The first-order valence-electron chi connectivity index (χ1n) is 9.74. The fraction of sp³-hybridized carbons (Fsp3) is 0.333. The molecule has 7 nitrogen and oxygen atoms in total. The van der Waals surface area contributed by atoms with Crippen LogP contribution in [0.3, 0.4) is 0 Å². The lowest BCUT2D eigenvalue weighted by molar-refractivity contribution is -0.132. The molecule has 1 N–H and O–H groups in total. The van der Waals surface area contributed by atoms with E-state index in [4.69, 9.17) is 11.6 Å². The second-order valence-electron chi connectivity index (χ2n) is 6.97. The molecule has 0 bridgehead atoms. The average molecular weight is 450 g/mol. The van der Waals surface area contributed by atoms with Crippen LogP contribution in [0.15, 0.2) is 59.5 Å². The highest BCUT2D eigenvalue weighted by molar-refractivity contribution is 7.89. The summed E-state index contributed by atoms with van der Waals surface area (Å²) in [6.07, 6.45) is 0.828. The average Bonchev–Trinajstić information content (AvgIpc) is 2.77. The van der Waals surface area contributed by atoms with Crippen molar-refractivity contribution in [2.45, 2.75) is 17.7 Å². The lowest BCUT2D eigenvalue weighted by Crippen LogP contribution is -2.50. The van der Waals surface area contributed by atoms with Crippen molar-refractivity contribution in [3.05, 3.63) is 65.2 Å². The van der Waals surface area contributed by atoms with Crippen molar-refractivity contribution in [1.29, 1.82) is 0 Å². The minimum Gasteiger partial charge on any atom is -0.352 e. The Hall–Kier alpha value is -2.42. The lowest BCUT2D eigenvalue weighted by atomic mass is 10.2. The molecule has 1 fully saturated rings. The van der Waals surface area contributed by atoms with Crippen LogP contribution >= 0.6 is 11.6 Å². The predicted octanol–water partition coefficient (Wildman–Crippen LogP) is 2.38. The van der Waals surface area contributed by atoms with E-state index < -0.39 is 10.0 Å². The van der Waals surface area contributed by atoms with Crippen LogP contribution in [-0.2, 0) is 14.8 Å². The molecule has 0 aliphatic carbocycles. The number of amides is 2. The summed E-state index contributed by atoms with van der Waals surface area (Å²) in [5.74, 6) is -0.202. The zero-order chi connectivity index (χ0) is 21.6. The third-order valence-corrected chi connectivity index (χ3v) is 7.04. The summed E-state index contributed by atoms with van der Waals surface area (Å²) in [7, 11) is -3.63. The summed E-state index contributed by atoms with van der Waals surface area (Å²) < 4.78 is 26.8. The summed E-state index contributed by atoms with van der Waals surface area (Å²) in [5.41, 5.74) is 0.584. The van der Waals surface area contributed by atoms with Crippen LogP contribution in [0.4, 0.5) is 0 Å². The van der Waals surface area contributed by atoms with E-state index in [1.807, 2.05) is 6.07 Å².